The molecule has 3 aromatic heterocycles. The van der Waals surface area contributed by atoms with Gasteiger partial charge in [-0.15, -0.1) is 0 Å². The van der Waals surface area contributed by atoms with Gasteiger partial charge in [0.2, 0.25) is 5.95 Å². The Morgan fingerprint density at radius 3 is 2.44 bits per heavy atom. The van der Waals surface area contributed by atoms with Gasteiger partial charge in [-0.05, 0) is 60.9 Å². The second-order valence-corrected chi connectivity index (χ2v) is 7.33. The maximum absolute atomic E-state index is 5.40. The molecule has 162 valence electrons. The first-order valence-electron chi connectivity index (χ1n) is 10.3. The summed E-state index contributed by atoms with van der Waals surface area (Å²) in [4.78, 5) is 18.1. The predicted octanol–water partition coefficient (Wildman–Crippen LogP) is 4.85. The fourth-order valence-corrected chi connectivity index (χ4v) is 3.55. The quantitative estimate of drug-likeness (QED) is 0.452. The van der Waals surface area contributed by atoms with Crippen LogP contribution in [-0.2, 0) is 6.54 Å². The number of anilines is 1. The summed E-state index contributed by atoms with van der Waals surface area (Å²) in [6.45, 7) is 4.56. The maximum atomic E-state index is 5.40. The highest BCUT2D eigenvalue weighted by Gasteiger charge is 2.15. The van der Waals surface area contributed by atoms with Crippen LogP contribution in [0.15, 0.2) is 61.2 Å². The van der Waals surface area contributed by atoms with E-state index in [0.29, 0.717) is 24.0 Å². The highest BCUT2D eigenvalue weighted by Crippen LogP contribution is 2.33. The highest BCUT2D eigenvalue weighted by molar-refractivity contribution is 5.82. The van der Waals surface area contributed by atoms with Crippen molar-refractivity contribution in [2.75, 3.05) is 19.5 Å². The maximum Gasteiger partial charge on any atom is 0.223 e. The molecule has 1 N–H and O–H groups in total. The molecule has 1 aromatic carbocycles. The van der Waals surface area contributed by atoms with Gasteiger partial charge in [-0.1, -0.05) is 6.07 Å². The third kappa shape index (κ3) is 4.37. The molecular formula is C25H25N5O2. The first-order chi connectivity index (χ1) is 15.6. The van der Waals surface area contributed by atoms with Crippen LogP contribution in [0.4, 0.5) is 5.95 Å². The zero-order valence-corrected chi connectivity index (χ0v) is 18.6. The van der Waals surface area contributed by atoms with Crippen molar-refractivity contribution in [1.82, 2.24) is 19.9 Å². The monoisotopic (exact) mass is 427 g/mol. The number of hydrogen-bond donors (Lipinski definition) is 1. The zero-order chi connectivity index (χ0) is 22.5. The van der Waals surface area contributed by atoms with E-state index in [1.165, 1.54) is 0 Å². The van der Waals surface area contributed by atoms with Crippen LogP contribution in [0.5, 0.6) is 11.5 Å². The van der Waals surface area contributed by atoms with Gasteiger partial charge in [0.15, 0.2) is 11.5 Å². The largest absolute Gasteiger partial charge is 0.493 e. The minimum atomic E-state index is 0.536. The van der Waals surface area contributed by atoms with Crippen LogP contribution in [0.3, 0.4) is 0 Å². The van der Waals surface area contributed by atoms with Gasteiger partial charge in [-0.3, -0.25) is 9.97 Å². The molecule has 0 saturated carbocycles. The molecule has 3 heterocycles. The van der Waals surface area contributed by atoms with Gasteiger partial charge in [-0.2, -0.15) is 0 Å². The lowest BCUT2D eigenvalue weighted by Crippen LogP contribution is -2.06. The summed E-state index contributed by atoms with van der Waals surface area (Å²) in [6.07, 6.45) is 7.27. The van der Waals surface area contributed by atoms with Crippen LogP contribution in [-0.4, -0.2) is 34.2 Å². The smallest absolute Gasteiger partial charge is 0.223 e. The Bertz CT molecular complexity index is 1240. The van der Waals surface area contributed by atoms with Crippen molar-refractivity contribution in [3.05, 3.63) is 78.0 Å². The number of hydrogen-bond acceptors (Lipinski definition) is 7. The highest BCUT2D eigenvalue weighted by atomic mass is 16.5. The van der Waals surface area contributed by atoms with E-state index >= 15 is 0 Å². The SMILES string of the molecule is COc1ccc(CNc2ncc(-c3ccncc3C)c(-c3cccnc3C)n2)cc1OC. The molecular weight excluding hydrogens is 402 g/mol. The molecule has 0 saturated heterocycles. The molecule has 0 radical (unpaired) electrons. The van der Waals surface area contributed by atoms with Crippen LogP contribution < -0.4 is 14.8 Å². The minimum Gasteiger partial charge on any atom is -0.493 e. The molecule has 7 nitrogen and oxygen atoms in total. The summed E-state index contributed by atoms with van der Waals surface area (Å²) < 4.78 is 10.7. The topological polar surface area (TPSA) is 82.0 Å². The van der Waals surface area contributed by atoms with Crippen molar-refractivity contribution in [3.63, 3.8) is 0 Å². The van der Waals surface area contributed by atoms with E-state index < -0.39 is 0 Å². The molecule has 0 aliphatic carbocycles. The van der Waals surface area contributed by atoms with Crippen LogP contribution in [0.1, 0.15) is 16.8 Å². The van der Waals surface area contributed by atoms with Crippen LogP contribution in [0.25, 0.3) is 22.4 Å². The number of benzene rings is 1. The zero-order valence-electron chi connectivity index (χ0n) is 18.6. The molecule has 0 amide bonds. The summed E-state index contributed by atoms with van der Waals surface area (Å²) in [6, 6.07) is 11.7. The first-order valence-corrected chi connectivity index (χ1v) is 10.3. The van der Waals surface area contributed by atoms with E-state index in [1.54, 1.807) is 26.6 Å². The number of nitrogens with zero attached hydrogens (tertiary/aromatic N) is 4. The van der Waals surface area contributed by atoms with E-state index in [1.807, 2.05) is 62.6 Å². The molecule has 0 unspecified atom stereocenters. The Kier molecular flexibility index (Phi) is 6.26. The number of methoxy groups -OCH3 is 2. The Morgan fingerprint density at radius 1 is 0.844 bits per heavy atom. The normalized spacial score (nSPS) is 10.6. The second kappa shape index (κ2) is 9.43. The number of aromatic nitrogens is 4. The molecule has 4 aromatic rings. The molecule has 0 bridgehead atoms. The van der Waals surface area contributed by atoms with Crippen LogP contribution in [0, 0.1) is 13.8 Å². The summed E-state index contributed by atoms with van der Waals surface area (Å²) in [7, 11) is 3.25. The summed E-state index contributed by atoms with van der Waals surface area (Å²) in [5.41, 5.74) is 6.78. The third-order valence-electron chi connectivity index (χ3n) is 5.26. The Labute approximate surface area is 187 Å². The summed E-state index contributed by atoms with van der Waals surface area (Å²) in [5, 5.41) is 3.32. The third-order valence-corrected chi connectivity index (χ3v) is 5.26. The molecule has 0 aliphatic rings. The van der Waals surface area contributed by atoms with Crippen molar-refractivity contribution < 1.29 is 9.47 Å². The van der Waals surface area contributed by atoms with E-state index in [-0.39, 0.29) is 0 Å². The number of aryl methyl sites for hydroxylation is 2. The van der Waals surface area contributed by atoms with E-state index in [2.05, 4.69) is 20.3 Å². The predicted molar refractivity (Wildman–Crippen MR) is 125 cm³/mol. The molecule has 0 spiro atoms. The van der Waals surface area contributed by atoms with Gasteiger partial charge < -0.3 is 14.8 Å². The number of rotatable bonds is 7. The van der Waals surface area contributed by atoms with Gasteiger partial charge >= 0.3 is 0 Å². The fourth-order valence-electron chi connectivity index (χ4n) is 3.55. The molecule has 0 atom stereocenters. The number of pyridine rings is 2. The van der Waals surface area contributed by atoms with Gasteiger partial charge in [0, 0.05) is 48.2 Å². The van der Waals surface area contributed by atoms with Crippen molar-refractivity contribution in [2.45, 2.75) is 20.4 Å². The van der Waals surface area contributed by atoms with Crippen molar-refractivity contribution >= 4 is 5.95 Å². The molecule has 0 aliphatic heterocycles. The van der Waals surface area contributed by atoms with Crippen LogP contribution in [0.2, 0.25) is 0 Å². The summed E-state index contributed by atoms with van der Waals surface area (Å²) >= 11 is 0. The first kappa shape index (κ1) is 21.2. The standard InChI is InChI=1S/C25H25N5O2/c1-16-13-26-11-9-19(16)21-15-29-25(30-24(21)20-6-5-10-27-17(20)2)28-14-18-7-8-22(31-3)23(12-18)32-4/h5-13,15H,14H2,1-4H3,(H,28,29,30). The number of nitrogens with one attached hydrogen (secondary N) is 1. The molecule has 0 fully saturated rings. The van der Waals surface area contributed by atoms with Gasteiger partial charge in [0.05, 0.1) is 19.9 Å². The van der Waals surface area contributed by atoms with Crippen LogP contribution >= 0.6 is 0 Å². The molecule has 4 rings (SSSR count). The lowest BCUT2D eigenvalue weighted by atomic mass is 9.98. The minimum absolute atomic E-state index is 0.536. The van der Waals surface area contributed by atoms with Crippen molar-refractivity contribution in [3.8, 4) is 33.9 Å². The van der Waals surface area contributed by atoms with Gasteiger partial charge in [0.1, 0.15) is 0 Å². The average molecular weight is 428 g/mol. The molecule has 32 heavy (non-hydrogen) atoms. The number of ether oxygens (including phenoxy) is 2. The Hall–Kier alpha value is -4.00. The van der Waals surface area contributed by atoms with Gasteiger partial charge in [-0.25, -0.2) is 9.97 Å². The second-order valence-electron chi connectivity index (χ2n) is 7.33. The van der Waals surface area contributed by atoms with E-state index in [4.69, 9.17) is 14.5 Å². The fraction of sp³-hybridized carbons (Fsp3) is 0.200. The lowest BCUT2D eigenvalue weighted by molar-refractivity contribution is 0.354. The molecule has 7 heteroatoms. The Balaban J connectivity index is 1.70. The van der Waals surface area contributed by atoms with Gasteiger partial charge in [0.25, 0.3) is 0 Å². The lowest BCUT2D eigenvalue weighted by Gasteiger charge is -2.15. The van der Waals surface area contributed by atoms with Crippen molar-refractivity contribution in [1.29, 1.82) is 0 Å². The van der Waals surface area contributed by atoms with E-state index in [0.717, 1.165) is 39.2 Å². The van der Waals surface area contributed by atoms with Crippen molar-refractivity contribution in [2.24, 2.45) is 0 Å². The Morgan fingerprint density at radius 2 is 1.69 bits per heavy atom. The average Bonchev–Trinajstić information content (AvgIpc) is 2.83. The summed E-state index contributed by atoms with van der Waals surface area (Å²) in [5.74, 6) is 1.91. The van der Waals surface area contributed by atoms with E-state index in [9.17, 15) is 0 Å².